The number of ether oxygens (including phenoxy) is 1. The molecule has 8 aromatic rings. The van der Waals surface area contributed by atoms with Crippen LogP contribution in [-0.4, -0.2) is 16.2 Å². The maximum Gasteiger partial charge on any atom is 0.137 e. The van der Waals surface area contributed by atoms with Crippen LogP contribution in [0.4, 0.5) is 11.4 Å². The van der Waals surface area contributed by atoms with Crippen LogP contribution in [0.5, 0.6) is 11.5 Å². The Kier molecular flexibility index (Phi) is 9.66. The summed E-state index contributed by atoms with van der Waals surface area (Å²) in [5.74, 6) is 2.43. The molecule has 0 unspecified atom stereocenters. The van der Waals surface area contributed by atoms with Gasteiger partial charge in [-0.05, 0) is 92.7 Å². The van der Waals surface area contributed by atoms with Crippen molar-refractivity contribution in [2.24, 2.45) is 0 Å². The van der Waals surface area contributed by atoms with Gasteiger partial charge in [-0.3, -0.25) is 4.57 Å². The van der Waals surface area contributed by atoms with Crippen LogP contribution >= 0.6 is 0 Å². The molecular formula is C55H54N4O. The summed E-state index contributed by atoms with van der Waals surface area (Å²) in [7, 11) is 0. The summed E-state index contributed by atoms with van der Waals surface area (Å²) in [4.78, 5) is 9.61. The smallest absolute Gasteiger partial charge is 0.137 e. The normalized spacial score (nSPS) is 13.5. The van der Waals surface area contributed by atoms with Crippen LogP contribution in [0.1, 0.15) is 77.6 Å². The summed E-state index contributed by atoms with van der Waals surface area (Å²) in [6, 6.07) is 54.4. The number of para-hydroxylation sites is 1. The fourth-order valence-electron chi connectivity index (χ4n) is 8.53. The van der Waals surface area contributed by atoms with Crippen LogP contribution in [0, 0.1) is 0 Å². The van der Waals surface area contributed by atoms with E-state index in [0.717, 1.165) is 45.2 Å². The van der Waals surface area contributed by atoms with E-state index in [1.807, 2.05) is 6.20 Å². The molecule has 0 spiro atoms. The van der Waals surface area contributed by atoms with E-state index < -0.39 is 0 Å². The molecule has 1 aliphatic rings. The van der Waals surface area contributed by atoms with E-state index >= 15 is 0 Å². The summed E-state index contributed by atoms with van der Waals surface area (Å²) in [5, 5.41) is 2.39. The lowest BCUT2D eigenvalue weighted by atomic mass is 9.76. The number of anilines is 2. The Morgan fingerprint density at radius 2 is 1.13 bits per heavy atom. The highest BCUT2D eigenvalue weighted by atomic mass is 16.5. The highest BCUT2D eigenvalue weighted by Gasteiger charge is 2.30. The minimum Gasteiger partial charge on any atom is -0.457 e. The van der Waals surface area contributed by atoms with Gasteiger partial charge in [-0.15, -0.1) is 0 Å². The Morgan fingerprint density at radius 3 is 1.87 bits per heavy atom. The minimum absolute atomic E-state index is 0.0370. The third-order valence-electron chi connectivity index (χ3n) is 12.1. The van der Waals surface area contributed by atoms with Crippen molar-refractivity contribution in [2.45, 2.75) is 71.6 Å². The van der Waals surface area contributed by atoms with Gasteiger partial charge in [0.25, 0.3) is 0 Å². The van der Waals surface area contributed by atoms with Crippen LogP contribution < -0.4 is 14.5 Å². The summed E-state index contributed by atoms with van der Waals surface area (Å²) in [6.07, 6.45) is 6.28. The van der Waals surface area contributed by atoms with E-state index in [-0.39, 0.29) is 16.2 Å². The monoisotopic (exact) mass is 786 g/mol. The molecule has 0 amide bonds. The quantitative estimate of drug-likeness (QED) is 0.154. The van der Waals surface area contributed by atoms with Gasteiger partial charge in [0, 0.05) is 58.3 Å². The van der Waals surface area contributed by atoms with Gasteiger partial charge in [0.2, 0.25) is 0 Å². The number of benzene rings is 6. The van der Waals surface area contributed by atoms with Gasteiger partial charge in [-0.2, -0.15) is 0 Å². The van der Waals surface area contributed by atoms with Crippen molar-refractivity contribution < 1.29 is 4.74 Å². The van der Waals surface area contributed by atoms with Gasteiger partial charge in [0.15, 0.2) is 0 Å². The predicted octanol–water partition coefficient (Wildman–Crippen LogP) is 14.3. The van der Waals surface area contributed by atoms with Crippen molar-refractivity contribution in [3.63, 3.8) is 0 Å². The Morgan fingerprint density at radius 1 is 0.500 bits per heavy atom. The summed E-state index contributed by atoms with van der Waals surface area (Å²) < 4.78 is 9.47. The first-order chi connectivity index (χ1) is 28.7. The summed E-state index contributed by atoms with van der Waals surface area (Å²) in [5.41, 5.74) is 11.3. The van der Waals surface area contributed by atoms with E-state index in [1.54, 1.807) is 0 Å². The maximum absolute atomic E-state index is 7.15. The first-order valence-electron chi connectivity index (χ1n) is 21.0. The lowest BCUT2D eigenvalue weighted by Gasteiger charge is -2.28. The Labute approximate surface area is 355 Å². The number of pyridine rings is 1. The molecule has 0 atom stereocenters. The zero-order valence-electron chi connectivity index (χ0n) is 36.1. The van der Waals surface area contributed by atoms with Gasteiger partial charge in [0.1, 0.15) is 17.3 Å². The lowest BCUT2D eigenvalue weighted by molar-refractivity contribution is 0.481. The first-order valence-corrected chi connectivity index (χ1v) is 21.0. The summed E-state index contributed by atoms with van der Waals surface area (Å²) in [6.45, 7) is 18.9. The number of nitrogens with zero attached hydrogens (tertiary/aromatic N) is 4. The molecule has 60 heavy (non-hydrogen) atoms. The Hall–Kier alpha value is -6.59. The molecule has 0 aliphatic carbocycles. The molecule has 6 aromatic carbocycles. The maximum atomic E-state index is 7.15. The Balaban J connectivity index is 1.20. The lowest BCUT2D eigenvalue weighted by Crippen LogP contribution is -2.25. The standard InChI is InChI=1S/C55H54N4O/c1-53(2,3)41-22-17-23-43(32-41)57-28-29-58(37-57)44-30-39(38-18-11-9-12-19-38)31-45(34-44)60-46-35-48(55(7,8)40-20-13-10-14-21-40)52-47-24-15-16-25-49(47)59(50(52)36-46)51-33-42(26-27-56-51)54(4,5)6/h9-36H,37H2,1-8H3. The van der Waals surface area contributed by atoms with Crippen molar-refractivity contribution in [1.82, 2.24) is 9.55 Å². The fourth-order valence-corrected chi connectivity index (χ4v) is 8.53. The van der Waals surface area contributed by atoms with Crippen molar-refractivity contribution in [2.75, 3.05) is 16.5 Å². The SMILES string of the molecule is CC(C)(C)c1cccc(N2C=CN(c3cc(Oc4cc(C(C)(C)c5ccccc5)c5c6ccccc6n(-c6cc(C(C)(C)C)ccn6)c5c4)cc(-c4ccccc4)c3)C2)c1. The molecule has 9 rings (SSSR count). The van der Waals surface area contributed by atoms with Gasteiger partial charge >= 0.3 is 0 Å². The first kappa shape index (κ1) is 38.9. The van der Waals surface area contributed by atoms with E-state index in [9.17, 15) is 0 Å². The van der Waals surface area contributed by atoms with Crippen LogP contribution in [0.2, 0.25) is 0 Å². The minimum atomic E-state index is -0.361. The molecule has 0 saturated carbocycles. The topological polar surface area (TPSA) is 33.5 Å². The highest BCUT2D eigenvalue weighted by molar-refractivity contribution is 6.11. The number of aromatic nitrogens is 2. The van der Waals surface area contributed by atoms with E-state index in [2.05, 4.69) is 234 Å². The zero-order valence-corrected chi connectivity index (χ0v) is 36.1. The number of rotatable bonds is 8. The third kappa shape index (κ3) is 7.34. The van der Waals surface area contributed by atoms with Gasteiger partial charge in [-0.25, -0.2) is 4.98 Å². The average Bonchev–Trinajstić information content (AvgIpc) is 3.87. The second kappa shape index (κ2) is 14.9. The molecule has 2 aromatic heterocycles. The largest absolute Gasteiger partial charge is 0.457 e. The van der Waals surface area contributed by atoms with E-state index in [4.69, 9.17) is 9.72 Å². The Bertz CT molecular complexity index is 2870. The molecule has 1 aliphatic heterocycles. The van der Waals surface area contributed by atoms with Crippen LogP contribution in [0.3, 0.4) is 0 Å². The van der Waals surface area contributed by atoms with Crippen LogP contribution in [0.25, 0.3) is 38.8 Å². The average molecular weight is 787 g/mol. The third-order valence-corrected chi connectivity index (χ3v) is 12.1. The molecule has 5 nitrogen and oxygen atoms in total. The van der Waals surface area contributed by atoms with Gasteiger partial charge in [0.05, 0.1) is 17.7 Å². The van der Waals surface area contributed by atoms with Crippen LogP contribution in [-0.2, 0) is 16.2 Å². The number of hydrogen-bond acceptors (Lipinski definition) is 4. The van der Waals surface area contributed by atoms with Crippen molar-refractivity contribution in [3.8, 4) is 28.4 Å². The van der Waals surface area contributed by atoms with Gasteiger partial charge in [-0.1, -0.05) is 146 Å². The van der Waals surface area contributed by atoms with Crippen LogP contribution in [0.15, 0.2) is 170 Å². The summed E-state index contributed by atoms with van der Waals surface area (Å²) >= 11 is 0. The molecule has 0 saturated heterocycles. The van der Waals surface area contributed by atoms with E-state index in [0.29, 0.717) is 6.67 Å². The molecule has 0 radical (unpaired) electrons. The number of fused-ring (bicyclic) bond motifs is 3. The zero-order chi connectivity index (χ0) is 41.8. The van der Waals surface area contributed by atoms with Crippen molar-refractivity contribution in [3.05, 3.63) is 193 Å². The molecule has 300 valence electrons. The molecule has 0 N–H and O–H groups in total. The van der Waals surface area contributed by atoms with E-state index in [1.165, 1.54) is 38.7 Å². The second-order valence-corrected chi connectivity index (χ2v) is 18.7. The molecule has 0 fully saturated rings. The highest BCUT2D eigenvalue weighted by Crippen LogP contribution is 2.45. The molecular weight excluding hydrogens is 733 g/mol. The fraction of sp³-hybridized carbons (Fsp3) is 0.218. The molecule has 5 heteroatoms. The number of hydrogen-bond donors (Lipinski definition) is 0. The molecule has 0 bridgehead atoms. The molecule has 3 heterocycles. The second-order valence-electron chi connectivity index (χ2n) is 18.7. The van der Waals surface area contributed by atoms with Gasteiger partial charge < -0.3 is 14.5 Å². The predicted molar refractivity (Wildman–Crippen MR) is 252 cm³/mol. The van der Waals surface area contributed by atoms with Crippen molar-refractivity contribution >= 4 is 33.2 Å². The van der Waals surface area contributed by atoms with Crippen molar-refractivity contribution in [1.29, 1.82) is 0 Å².